The first kappa shape index (κ1) is 16.8. The summed E-state index contributed by atoms with van der Waals surface area (Å²) in [5, 5.41) is 9.84. The first-order chi connectivity index (χ1) is 10.8. The third-order valence-electron chi connectivity index (χ3n) is 7.37. The second-order valence-electron chi connectivity index (χ2n) is 8.42. The fraction of sp³-hybridized carbons (Fsp3) is 0.750. The van der Waals surface area contributed by atoms with Crippen molar-refractivity contribution in [3.8, 4) is 0 Å². The molecule has 3 heteroatoms. The molecule has 5 atom stereocenters. The molecule has 2 fully saturated rings. The number of esters is 1. The van der Waals surface area contributed by atoms with Gasteiger partial charge in [-0.25, -0.2) is 4.79 Å². The molecular weight excluding hydrogens is 288 g/mol. The third kappa shape index (κ3) is 2.67. The van der Waals surface area contributed by atoms with E-state index in [-0.39, 0.29) is 10.8 Å². The van der Waals surface area contributed by atoms with Gasteiger partial charge in [-0.1, -0.05) is 32.9 Å². The molecule has 3 aliphatic rings. The van der Waals surface area contributed by atoms with Crippen LogP contribution in [0.3, 0.4) is 0 Å². The van der Waals surface area contributed by atoms with Crippen molar-refractivity contribution in [2.24, 2.45) is 22.7 Å². The highest BCUT2D eigenvalue weighted by Gasteiger charge is 2.53. The topological polar surface area (TPSA) is 46.5 Å². The molecule has 0 saturated heterocycles. The first-order valence-corrected chi connectivity index (χ1v) is 9.05. The van der Waals surface area contributed by atoms with Crippen molar-refractivity contribution >= 4 is 5.97 Å². The van der Waals surface area contributed by atoms with Gasteiger partial charge in [0.25, 0.3) is 0 Å². The van der Waals surface area contributed by atoms with Gasteiger partial charge in [0.1, 0.15) is 0 Å². The summed E-state index contributed by atoms with van der Waals surface area (Å²) in [4.78, 5) is 11.3. The van der Waals surface area contributed by atoms with Crippen LogP contribution >= 0.6 is 0 Å². The Hall–Kier alpha value is -1.09. The first-order valence-electron chi connectivity index (χ1n) is 9.05. The molecule has 0 aromatic heterocycles. The minimum Gasteiger partial charge on any atom is -0.429 e. The van der Waals surface area contributed by atoms with Gasteiger partial charge in [-0.15, -0.1) is 0 Å². The lowest BCUT2D eigenvalue weighted by molar-refractivity contribution is -0.151. The lowest BCUT2D eigenvalue weighted by Gasteiger charge is -2.59. The maximum Gasteiger partial charge on any atom is 0.333 e. The van der Waals surface area contributed by atoms with Crippen molar-refractivity contribution in [2.75, 3.05) is 0 Å². The van der Waals surface area contributed by atoms with E-state index in [2.05, 4.69) is 27.4 Å². The van der Waals surface area contributed by atoms with Crippen LogP contribution in [0.1, 0.15) is 65.7 Å². The van der Waals surface area contributed by atoms with Crippen LogP contribution in [0.5, 0.6) is 0 Å². The van der Waals surface area contributed by atoms with E-state index < -0.39 is 12.3 Å². The van der Waals surface area contributed by atoms with Crippen LogP contribution < -0.4 is 0 Å². The number of aliphatic hydroxyl groups excluding tert-OH is 1. The SMILES string of the molecule is C=C1CCCC2C1(C)CCC(C)C2(C)CCC1=CC(=O)OC1O. The summed E-state index contributed by atoms with van der Waals surface area (Å²) in [5.74, 6) is 0.892. The molecular formula is C20H30O3. The number of carbonyl (C=O) groups excluding carboxylic acids is 1. The Bertz CT molecular complexity index is 549. The van der Waals surface area contributed by atoms with Crippen LogP contribution in [0, 0.1) is 22.7 Å². The molecule has 0 radical (unpaired) electrons. The van der Waals surface area contributed by atoms with Crippen molar-refractivity contribution in [2.45, 2.75) is 72.0 Å². The van der Waals surface area contributed by atoms with E-state index in [1.165, 1.54) is 43.8 Å². The molecule has 1 N–H and O–H groups in total. The quantitative estimate of drug-likeness (QED) is 0.621. The lowest BCUT2D eigenvalue weighted by Crippen LogP contribution is -2.50. The van der Waals surface area contributed by atoms with Gasteiger partial charge in [0.15, 0.2) is 0 Å². The number of hydrogen-bond donors (Lipinski definition) is 1. The van der Waals surface area contributed by atoms with Gasteiger partial charge in [-0.2, -0.15) is 0 Å². The highest BCUT2D eigenvalue weighted by Crippen LogP contribution is 2.62. The highest BCUT2D eigenvalue weighted by molar-refractivity contribution is 5.85. The molecule has 0 spiro atoms. The summed E-state index contributed by atoms with van der Waals surface area (Å²) in [6, 6.07) is 0. The van der Waals surface area contributed by atoms with E-state index in [0.717, 1.165) is 18.4 Å². The fourth-order valence-corrected chi connectivity index (χ4v) is 5.44. The molecule has 1 aliphatic heterocycles. The molecule has 0 amide bonds. The van der Waals surface area contributed by atoms with E-state index in [4.69, 9.17) is 4.74 Å². The summed E-state index contributed by atoms with van der Waals surface area (Å²) in [7, 11) is 0. The number of hydrogen-bond acceptors (Lipinski definition) is 3. The number of carbonyl (C=O) groups is 1. The number of aliphatic hydroxyl groups is 1. The predicted molar refractivity (Wildman–Crippen MR) is 90.5 cm³/mol. The zero-order valence-electron chi connectivity index (χ0n) is 14.7. The molecule has 2 saturated carbocycles. The maximum absolute atomic E-state index is 11.3. The van der Waals surface area contributed by atoms with Gasteiger partial charge in [0.05, 0.1) is 0 Å². The molecule has 0 aromatic rings. The Labute approximate surface area is 139 Å². The second-order valence-corrected chi connectivity index (χ2v) is 8.42. The summed E-state index contributed by atoms with van der Waals surface area (Å²) in [6.07, 6.45) is 8.36. The lowest BCUT2D eigenvalue weighted by atomic mass is 9.46. The second kappa shape index (κ2) is 5.77. The highest BCUT2D eigenvalue weighted by atomic mass is 16.6. The predicted octanol–water partition coefficient (Wildman–Crippen LogP) is 4.37. The minimum atomic E-state index is -1.03. The van der Waals surface area contributed by atoms with Gasteiger partial charge in [0.2, 0.25) is 6.29 Å². The molecule has 1 heterocycles. The number of cyclic esters (lactones) is 1. The van der Waals surface area contributed by atoms with Crippen molar-refractivity contribution in [1.82, 2.24) is 0 Å². The number of ether oxygens (including phenoxy) is 1. The average Bonchev–Trinajstić information content (AvgIpc) is 2.82. The Morgan fingerprint density at radius 2 is 2.13 bits per heavy atom. The van der Waals surface area contributed by atoms with Crippen LogP contribution in [0.15, 0.2) is 23.8 Å². The van der Waals surface area contributed by atoms with Crippen LogP contribution in [-0.4, -0.2) is 17.4 Å². The molecule has 3 rings (SSSR count). The van der Waals surface area contributed by atoms with E-state index in [0.29, 0.717) is 11.8 Å². The monoisotopic (exact) mass is 318 g/mol. The van der Waals surface area contributed by atoms with Crippen LogP contribution in [0.4, 0.5) is 0 Å². The Morgan fingerprint density at radius 3 is 2.78 bits per heavy atom. The Kier molecular flexibility index (Phi) is 4.20. The molecule has 23 heavy (non-hydrogen) atoms. The number of rotatable bonds is 3. The molecule has 0 aromatic carbocycles. The largest absolute Gasteiger partial charge is 0.429 e. The van der Waals surface area contributed by atoms with Crippen LogP contribution in [0.25, 0.3) is 0 Å². The van der Waals surface area contributed by atoms with E-state index in [9.17, 15) is 9.90 Å². The number of allylic oxidation sites excluding steroid dienone is 1. The van der Waals surface area contributed by atoms with Gasteiger partial charge in [-0.3, -0.25) is 0 Å². The van der Waals surface area contributed by atoms with Crippen molar-refractivity contribution in [3.63, 3.8) is 0 Å². The molecule has 0 bridgehead atoms. The van der Waals surface area contributed by atoms with Gasteiger partial charge >= 0.3 is 5.97 Å². The Morgan fingerprint density at radius 1 is 1.39 bits per heavy atom. The van der Waals surface area contributed by atoms with Crippen LogP contribution in [0.2, 0.25) is 0 Å². The van der Waals surface area contributed by atoms with Gasteiger partial charge < -0.3 is 9.84 Å². The zero-order chi connectivity index (χ0) is 16.8. The zero-order valence-corrected chi connectivity index (χ0v) is 14.7. The maximum atomic E-state index is 11.3. The summed E-state index contributed by atoms with van der Waals surface area (Å²) in [5.41, 5.74) is 2.66. The smallest absolute Gasteiger partial charge is 0.333 e. The van der Waals surface area contributed by atoms with E-state index in [1.807, 2.05) is 0 Å². The molecule has 3 nitrogen and oxygen atoms in total. The van der Waals surface area contributed by atoms with E-state index >= 15 is 0 Å². The van der Waals surface area contributed by atoms with Gasteiger partial charge in [0, 0.05) is 11.6 Å². The van der Waals surface area contributed by atoms with Crippen LogP contribution in [-0.2, 0) is 9.53 Å². The van der Waals surface area contributed by atoms with E-state index in [1.54, 1.807) is 0 Å². The summed E-state index contributed by atoms with van der Waals surface area (Å²) in [6.45, 7) is 11.6. The molecule has 5 unspecified atom stereocenters. The van der Waals surface area contributed by atoms with Crippen molar-refractivity contribution in [1.29, 1.82) is 0 Å². The van der Waals surface area contributed by atoms with Gasteiger partial charge in [-0.05, 0) is 67.6 Å². The molecule has 2 aliphatic carbocycles. The third-order valence-corrected chi connectivity index (χ3v) is 7.37. The summed E-state index contributed by atoms with van der Waals surface area (Å²) < 4.78 is 4.83. The Balaban J connectivity index is 1.81. The minimum absolute atomic E-state index is 0.225. The standard InChI is InChI=1S/C20H30O3/c1-13-6-5-7-16-19(13,3)10-8-14(2)20(16,4)11-9-15-12-17(21)23-18(15)22/h12,14,16,18,22H,1,5-11H2,2-4H3. The number of fused-ring (bicyclic) bond motifs is 1. The van der Waals surface area contributed by atoms with Crippen molar-refractivity contribution in [3.05, 3.63) is 23.8 Å². The van der Waals surface area contributed by atoms with Crippen molar-refractivity contribution < 1.29 is 14.6 Å². The normalized spacial score (nSPS) is 43.8. The average molecular weight is 318 g/mol. The molecule has 128 valence electrons. The summed E-state index contributed by atoms with van der Waals surface area (Å²) >= 11 is 0. The fourth-order valence-electron chi connectivity index (χ4n) is 5.44.